The van der Waals surface area contributed by atoms with Crippen molar-refractivity contribution in [3.63, 3.8) is 0 Å². The van der Waals surface area contributed by atoms with E-state index in [0.717, 1.165) is 25.9 Å². The average molecular weight is 251 g/mol. The zero-order valence-electron chi connectivity index (χ0n) is 11.9. The average Bonchev–Trinajstić information content (AvgIpc) is 2.23. The predicted octanol–water partition coefficient (Wildman–Crippen LogP) is 3.60. The fraction of sp³-hybridized carbons (Fsp3) is 0.800. The summed E-state index contributed by atoms with van der Waals surface area (Å²) in [5.41, 5.74) is 0.105. The first-order valence-electron chi connectivity index (χ1n) is 6.94. The lowest BCUT2D eigenvalue weighted by molar-refractivity contribution is -0.0172. The van der Waals surface area contributed by atoms with E-state index in [-0.39, 0.29) is 6.09 Å². The Morgan fingerprint density at radius 2 is 1.89 bits per heavy atom. The minimum Gasteiger partial charge on any atom is -0.444 e. The van der Waals surface area contributed by atoms with Crippen molar-refractivity contribution < 1.29 is 9.53 Å². The topological polar surface area (TPSA) is 29.5 Å². The van der Waals surface area contributed by atoms with Crippen LogP contribution in [0.4, 0.5) is 4.79 Å². The molecule has 0 atom stereocenters. The Morgan fingerprint density at radius 1 is 1.33 bits per heavy atom. The predicted molar refractivity (Wildman–Crippen MR) is 72.4 cm³/mol. The molecule has 0 aromatic rings. The first kappa shape index (κ1) is 13.4. The maximum absolute atomic E-state index is 11.9. The molecule has 0 bridgehead atoms. The van der Waals surface area contributed by atoms with Crippen molar-refractivity contribution in [3.05, 3.63) is 12.7 Å². The van der Waals surface area contributed by atoms with Gasteiger partial charge in [-0.2, -0.15) is 0 Å². The first-order chi connectivity index (χ1) is 8.34. The second-order valence-corrected chi connectivity index (χ2v) is 6.87. The van der Waals surface area contributed by atoms with Crippen molar-refractivity contribution in [2.45, 2.75) is 52.1 Å². The van der Waals surface area contributed by atoms with Crippen LogP contribution in [0.3, 0.4) is 0 Å². The third kappa shape index (κ3) is 2.88. The molecule has 18 heavy (non-hydrogen) atoms. The van der Waals surface area contributed by atoms with Crippen molar-refractivity contribution in [2.24, 2.45) is 11.3 Å². The van der Waals surface area contributed by atoms with Crippen LogP contribution < -0.4 is 0 Å². The molecule has 2 aliphatic rings. The molecule has 1 aliphatic heterocycles. The number of ether oxygens (including phenoxy) is 1. The van der Waals surface area contributed by atoms with E-state index < -0.39 is 5.60 Å². The summed E-state index contributed by atoms with van der Waals surface area (Å²) in [5.74, 6) is 0.707. The normalized spacial score (nSPS) is 23.6. The standard InChI is InChI=1S/C15H25NO2/c1-5-12-10-15(11-12)6-8-16(9-7-15)13(17)18-14(2,3)4/h5,12H,1,6-11H2,2-4H3. The zero-order valence-corrected chi connectivity index (χ0v) is 11.9. The molecule has 1 spiro atoms. The van der Waals surface area contributed by atoms with Crippen LogP contribution in [0.2, 0.25) is 0 Å². The molecular formula is C15H25NO2. The van der Waals surface area contributed by atoms with Crippen LogP contribution >= 0.6 is 0 Å². The summed E-state index contributed by atoms with van der Waals surface area (Å²) in [4.78, 5) is 13.8. The van der Waals surface area contributed by atoms with Gasteiger partial charge in [0.1, 0.15) is 5.60 Å². The summed E-state index contributed by atoms with van der Waals surface area (Å²) in [6, 6.07) is 0. The van der Waals surface area contributed by atoms with Gasteiger partial charge >= 0.3 is 6.09 Å². The number of likely N-dealkylation sites (tertiary alicyclic amines) is 1. The van der Waals surface area contributed by atoms with E-state index in [2.05, 4.69) is 12.7 Å². The van der Waals surface area contributed by atoms with Gasteiger partial charge in [0.05, 0.1) is 0 Å². The van der Waals surface area contributed by atoms with Crippen LogP contribution in [0.15, 0.2) is 12.7 Å². The van der Waals surface area contributed by atoms with Crippen molar-refractivity contribution in [1.82, 2.24) is 4.90 Å². The Hall–Kier alpha value is -0.990. The smallest absolute Gasteiger partial charge is 0.410 e. The van der Waals surface area contributed by atoms with E-state index >= 15 is 0 Å². The number of piperidine rings is 1. The van der Waals surface area contributed by atoms with Crippen LogP contribution in [0, 0.1) is 11.3 Å². The lowest BCUT2D eigenvalue weighted by atomic mass is 9.57. The SMILES string of the molecule is C=CC1CC2(CCN(C(=O)OC(C)(C)C)CC2)C1. The number of nitrogens with zero attached hydrogens (tertiary/aromatic N) is 1. The van der Waals surface area contributed by atoms with Crippen molar-refractivity contribution >= 4 is 6.09 Å². The summed E-state index contributed by atoms with van der Waals surface area (Å²) in [6.07, 6.45) is 6.69. The molecule has 1 saturated heterocycles. The van der Waals surface area contributed by atoms with Gasteiger partial charge in [-0.1, -0.05) is 6.08 Å². The second-order valence-electron chi connectivity index (χ2n) is 6.87. The van der Waals surface area contributed by atoms with Crippen LogP contribution in [-0.2, 0) is 4.74 Å². The molecule has 1 saturated carbocycles. The maximum atomic E-state index is 11.9. The number of hydrogen-bond acceptors (Lipinski definition) is 2. The summed E-state index contributed by atoms with van der Waals surface area (Å²) >= 11 is 0. The van der Waals surface area contributed by atoms with Crippen LogP contribution in [-0.4, -0.2) is 29.7 Å². The Balaban J connectivity index is 1.80. The van der Waals surface area contributed by atoms with E-state index in [1.165, 1.54) is 12.8 Å². The highest BCUT2D eigenvalue weighted by molar-refractivity contribution is 5.68. The lowest BCUT2D eigenvalue weighted by Crippen LogP contribution is -2.49. The molecule has 2 rings (SSSR count). The van der Waals surface area contributed by atoms with E-state index in [0.29, 0.717) is 11.3 Å². The van der Waals surface area contributed by atoms with Gasteiger partial charge < -0.3 is 9.64 Å². The molecule has 0 radical (unpaired) electrons. The van der Waals surface area contributed by atoms with Gasteiger partial charge in [-0.15, -0.1) is 6.58 Å². The lowest BCUT2D eigenvalue weighted by Gasteiger charge is -2.51. The Morgan fingerprint density at radius 3 is 2.33 bits per heavy atom. The van der Waals surface area contributed by atoms with Gasteiger partial charge in [0.15, 0.2) is 0 Å². The molecular weight excluding hydrogens is 226 g/mol. The van der Waals surface area contributed by atoms with Gasteiger partial charge in [0, 0.05) is 13.1 Å². The van der Waals surface area contributed by atoms with Crippen molar-refractivity contribution in [1.29, 1.82) is 0 Å². The Bertz CT molecular complexity index is 327. The minimum atomic E-state index is -0.392. The largest absolute Gasteiger partial charge is 0.444 e. The summed E-state index contributed by atoms with van der Waals surface area (Å²) in [6.45, 7) is 11.3. The van der Waals surface area contributed by atoms with Gasteiger partial charge in [0.2, 0.25) is 0 Å². The minimum absolute atomic E-state index is 0.156. The van der Waals surface area contributed by atoms with E-state index in [9.17, 15) is 4.79 Å². The van der Waals surface area contributed by atoms with E-state index in [4.69, 9.17) is 4.74 Å². The molecule has 2 fully saturated rings. The fourth-order valence-electron chi connectivity index (χ4n) is 3.12. The van der Waals surface area contributed by atoms with E-state index in [1.807, 2.05) is 25.7 Å². The van der Waals surface area contributed by atoms with Gasteiger partial charge in [0.25, 0.3) is 0 Å². The Labute approximate surface area is 110 Å². The van der Waals surface area contributed by atoms with Crippen molar-refractivity contribution in [2.75, 3.05) is 13.1 Å². The number of allylic oxidation sites excluding steroid dienone is 1. The van der Waals surface area contributed by atoms with E-state index in [1.54, 1.807) is 0 Å². The van der Waals surface area contributed by atoms with Gasteiger partial charge in [-0.25, -0.2) is 4.79 Å². The number of amides is 1. The molecule has 102 valence electrons. The maximum Gasteiger partial charge on any atom is 0.410 e. The summed E-state index contributed by atoms with van der Waals surface area (Å²) < 4.78 is 5.41. The first-order valence-corrected chi connectivity index (χ1v) is 6.94. The fourth-order valence-corrected chi connectivity index (χ4v) is 3.12. The molecule has 1 amide bonds. The molecule has 0 aromatic heterocycles. The summed E-state index contributed by atoms with van der Waals surface area (Å²) in [7, 11) is 0. The number of hydrogen-bond donors (Lipinski definition) is 0. The molecule has 0 unspecified atom stereocenters. The molecule has 0 aromatic carbocycles. The number of rotatable bonds is 1. The quantitative estimate of drug-likeness (QED) is 0.666. The highest BCUT2D eigenvalue weighted by atomic mass is 16.6. The molecule has 0 N–H and O–H groups in total. The van der Waals surface area contributed by atoms with Crippen LogP contribution in [0.25, 0.3) is 0 Å². The summed E-state index contributed by atoms with van der Waals surface area (Å²) in [5, 5.41) is 0. The molecule has 1 aliphatic carbocycles. The second kappa shape index (κ2) is 4.60. The van der Waals surface area contributed by atoms with Gasteiger partial charge in [-0.3, -0.25) is 0 Å². The van der Waals surface area contributed by atoms with Crippen LogP contribution in [0.1, 0.15) is 46.5 Å². The molecule has 1 heterocycles. The zero-order chi connectivity index (χ0) is 13.4. The third-order valence-electron chi connectivity index (χ3n) is 4.20. The van der Waals surface area contributed by atoms with Gasteiger partial charge in [-0.05, 0) is 57.8 Å². The van der Waals surface area contributed by atoms with Crippen LogP contribution in [0.5, 0.6) is 0 Å². The number of carbonyl (C=O) groups is 1. The molecule has 3 heteroatoms. The monoisotopic (exact) mass is 251 g/mol. The molecule has 3 nitrogen and oxygen atoms in total. The Kier molecular flexibility index (Phi) is 3.43. The van der Waals surface area contributed by atoms with Crippen molar-refractivity contribution in [3.8, 4) is 0 Å². The number of carbonyl (C=O) groups excluding carboxylic acids is 1. The highest BCUT2D eigenvalue weighted by Crippen LogP contribution is 2.52. The third-order valence-corrected chi connectivity index (χ3v) is 4.20. The highest BCUT2D eigenvalue weighted by Gasteiger charge is 2.45.